The minimum absolute atomic E-state index is 0.0289. The molecule has 2 aliphatic rings. The molecule has 0 spiro atoms. The Morgan fingerprint density at radius 1 is 1.15 bits per heavy atom. The molecular formula is C21H24N2O3. The summed E-state index contributed by atoms with van der Waals surface area (Å²) in [4.78, 5) is 27.7. The third-order valence-corrected chi connectivity index (χ3v) is 5.92. The Kier molecular flexibility index (Phi) is 4.31. The number of methoxy groups -OCH3 is 1. The lowest BCUT2D eigenvalue weighted by atomic mass is 9.63. The van der Waals surface area contributed by atoms with Crippen molar-refractivity contribution in [2.45, 2.75) is 50.0 Å². The minimum atomic E-state index is -0.438. The van der Waals surface area contributed by atoms with Crippen molar-refractivity contribution in [2.75, 3.05) is 7.11 Å². The molecule has 4 rings (SSSR count). The predicted octanol–water partition coefficient (Wildman–Crippen LogP) is 3.00. The van der Waals surface area contributed by atoms with Gasteiger partial charge in [0, 0.05) is 11.8 Å². The summed E-state index contributed by atoms with van der Waals surface area (Å²) in [6.07, 6.45) is 5.54. The van der Waals surface area contributed by atoms with E-state index in [9.17, 15) is 9.59 Å². The number of benzene rings is 1. The summed E-state index contributed by atoms with van der Waals surface area (Å²) in [6, 6.07) is 11.2. The van der Waals surface area contributed by atoms with E-state index < -0.39 is 5.41 Å². The van der Waals surface area contributed by atoms with Gasteiger partial charge in [-0.25, -0.2) is 0 Å². The molecule has 0 radical (unpaired) electrons. The number of ether oxygens (including phenoxy) is 1. The maximum absolute atomic E-state index is 13.2. The van der Waals surface area contributed by atoms with Crippen LogP contribution in [0.25, 0.3) is 0 Å². The van der Waals surface area contributed by atoms with Gasteiger partial charge in [0.15, 0.2) is 0 Å². The number of H-pyrrole nitrogens is 1. The van der Waals surface area contributed by atoms with Crippen molar-refractivity contribution >= 4 is 5.91 Å². The Balaban J connectivity index is 1.58. The number of pyridine rings is 1. The van der Waals surface area contributed by atoms with Crippen LogP contribution in [0.15, 0.2) is 41.2 Å². The van der Waals surface area contributed by atoms with Crippen LogP contribution in [-0.4, -0.2) is 18.0 Å². The summed E-state index contributed by atoms with van der Waals surface area (Å²) in [7, 11) is 1.64. The number of carbonyl (C=O) groups excluding carboxylic acids is 1. The lowest BCUT2D eigenvalue weighted by Crippen LogP contribution is -2.50. The van der Waals surface area contributed by atoms with Crippen LogP contribution >= 0.6 is 0 Å². The van der Waals surface area contributed by atoms with Gasteiger partial charge in [0.25, 0.3) is 0 Å². The normalized spacial score (nSPS) is 20.6. The number of carbonyl (C=O) groups is 1. The summed E-state index contributed by atoms with van der Waals surface area (Å²) in [5.74, 6) is 0.895. The quantitative estimate of drug-likeness (QED) is 0.889. The first kappa shape index (κ1) is 16.9. The van der Waals surface area contributed by atoms with E-state index >= 15 is 0 Å². The molecule has 1 amide bonds. The SMILES string of the molecule is COc1ccc(C2(C(=O)NC3CCCc4[nH]c(=O)ccc43)CCC2)cc1. The van der Waals surface area contributed by atoms with Crippen LogP contribution in [0, 0.1) is 0 Å². The molecule has 0 aliphatic heterocycles. The molecule has 0 saturated heterocycles. The van der Waals surface area contributed by atoms with Crippen LogP contribution in [0.4, 0.5) is 0 Å². The van der Waals surface area contributed by atoms with Crippen LogP contribution < -0.4 is 15.6 Å². The van der Waals surface area contributed by atoms with Crippen LogP contribution in [0.3, 0.4) is 0 Å². The number of hydrogen-bond donors (Lipinski definition) is 2. The average Bonchev–Trinajstić information content (AvgIpc) is 2.61. The number of fused-ring (bicyclic) bond motifs is 1. The molecule has 2 N–H and O–H groups in total. The van der Waals surface area contributed by atoms with Crippen molar-refractivity contribution in [3.05, 3.63) is 63.6 Å². The fourth-order valence-corrected chi connectivity index (χ4v) is 4.23. The summed E-state index contributed by atoms with van der Waals surface area (Å²) in [5, 5.41) is 3.27. The molecular weight excluding hydrogens is 328 g/mol. The Morgan fingerprint density at radius 2 is 1.92 bits per heavy atom. The lowest BCUT2D eigenvalue weighted by molar-refractivity contribution is -0.130. The molecule has 5 nitrogen and oxygen atoms in total. The number of rotatable bonds is 4. The lowest BCUT2D eigenvalue weighted by Gasteiger charge is -2.42. The van der Waals surface area contributed by atoms with E-state index in [1.54, 1.807) is 13.2 Å². The summed E-state index contributed by atoms with van der Waals surface area (Å²) in [6.45, 7) is 0. The molecule has 1 heterocycles. The first-order valence-corrected chi connectivity index (χ1v) is 9.30. The van der Waals surface area contributed by atoms with E-state index in [0.717, 1.165) is 61.1 Å². The Labute approximate surface area is 152 Å². The summed E-state index contributed by atoms with van der Waals surface area (Å²) in [5.41, 5.74) is 2.55. The van der Waals surface area contributed by atoms with Crippen LogP contribution in [0.5, 0.6) is 5.75 Å². The van der Waals surface area contributed by atoms with Crippen molar-refractivity contribution in [3.63, 3.8) is 0 Å². The molecule has 1 atom stereocenters. The molecule has 1 fully saturated rings. The van der Waals surface area contributed by atoms with E-state index in [1.165, 1.54) is 0 Å². The second kappa shape index (κ2) is 6.63. The molecule has 136 valence electrons. The molecule has 5 heteroatoms. The smallest absolute Gasteiger partial charge is 0.248 e. The van der Waals surface area contributed by atoms with Crippen molar-refractivity contribution in [3.8, 4) is 5.75 Å². The third-order valence-electron chi connectivity index (χ3n) is 5.92. The van der Waals surface area contributed by atoms with Gasteiger partial charge in [0.05, 0.1) is 18.6 Å². The Bertz CT molecular complexity index is 866. The number of aromatic amines is 1. The van der Waals surface area contributed by atoms with Gasteiger partial charge in [-0.15, -0.1) is 0 Å². The summed E-state index contributed by atoms with van der Waals surface area (Å²) < 4.78 is 5.23. The predicted molar refractivity (Wildman–Crippen MR) is 99.4 cm³/mol. The van der Waals surface area contributed by atoms with Crippen molar-refractivity contribution in [1.82, 2.24) is 10.3 Å². The average molecular weight is 352 g/mol. The second-order valence-electron chi connectivity index (χ2n) is 7.34. The van der Waals surface area contributed by atoms with Gasteiger partial charge < -0.3 is 15.0 Å². The highest BCUT2D eigenvalue weighted by atomic mass is 16.5. The van der Waals surface area contributed by atoms with Gasteiger partial charge in [-0.3, -0.25) is 9.59 Å². The van der Waals surface area contributed by atoms with Gasteiger partial charge in [0.2, 0.25) is 11.5 Å². The first-order chi connectivity index (χ1) is 12.6. The van der Waals surface area contributed by atoms with Crippen molar-refractivity contribution < 1.29 is 9.53 Å². The maximum Gasteiger partial charge on any atom is 0.248 e. The van der Waals surface area contributed by atoms with Gasteiger partial charge >= 0.3 is 0 Å². The highest BCUT2D eigenvalue weighted by Crippen LogP contribution is 2.45. The standard InChI is InChI=1S/C21H24N2O3/c1-26-15-8-6-14(7-9-15)21(12-3-13-21)20(25)23-18-5-2-4-17-16(18)10-11-19(24)22-17/h6-11,18H,2-5,12-13H2,1H3,(H,22,24)(H,23,25). The largest absolute Gasteiger partial charge is 0.497 e. The van der Waals surface area contributed by atoms with E-state index in [1.807, 2.05) is 30.3 Å². The van der Waals surface area contributed by atoms with E-state index in [-0.39, 0.29) is 17.5 Å². The Morgan fingerprint density at radius 3 is 2.58 bits per heavy atom. The van der Waals surface area contributed by atoms with Crippen molar-refractivity contribution in [1.29, 1.82) is 0 Å². The molecule has 1 aromatic heterocycles. The van der Waals surface area contributed by atoms with Gasteiger partial charge in [0.1, 0.15) is 5.75 Å². The zero-order valence-electron chi connectivity index (χ0n) is 15.0. The van der Waals surface area contributed by atoms with Crippen LogP contribution in [-0.2, 0) is 16.6 Å². The fourth-order valence-electron chi connectivity index (χ4n) is 4.23. The number of aromatic nitrogens is 1. The van der Waals surface area contributed by atoms with Gasteiger partial charge in [-0.05, 0) is 61.4 Å². The number of hydrogen-bond acceptors (Lipinski definition) is 3. The van der Waals surface area contributed by atoms with Crippen LogP contribution in [0.2, 0.25) is 0 Å². The van der Waals surface area contributed by atoms with Crippen molar-refractivity contribution in [2.24, 2.45) is 0 Å². The topological polar surface area (TPSA) is 71.2 Å². The fraction of sp³-hybridized carbons (Fsp3) is 0.429. The second-order valence-corrected chi connectivity index (χ2v) is 7.34. The Hall–Kier alpha value is -2.56. The highest BCUT2D eigenvalue weighted by molar-refractivity contribution is 5.89. The first-order valence-electron chi connectivity index (χ1n) is 9.30. The van der Waals surface area contributed by atoms with Gasteiger partial charge in [-0.1, -0.05) is 18.6 Å². The van der Waals surface area contributed by atoms with E-state index in [2.05, 4.69) is 10.3 Å². The highest BCUT2D eigenvalue weighted by Gasteiger charge is 2.46. The molecule has 1 unspecified atom stereocenters. The third kappa shape index (κ3) is 2.81. The molecule has 2 aromatic rings. The molecule has 0 bridgehead atoms. The number of nitrogens with one attached hydrogen (secondary N) is 2. The monoisotopic (exact) mass is 352 g/mol. The maximum atomic E-state index is 13.2. The van der Waals surface area contributed by atoms with E-state index in [4.69, 9.17) is 4.74 Å². The zero-order valence-corrected chi connectivity index (χ0v) is 15.0. The van der Waals surface area contributed by atoms with E-state index in [0.29, 0.717) is 0 Å². The zero-order chi connectivity index (χ0) is 18.1. The molecule has 26 heavy (non-hydrogen) atoms. The summed E-state index contributed by atoms with van der Waals surface area (Å²) >= 11 is 0. The minimum Gasteiger partial charge on any atom is -0.497 e. The number of amides is 1. The number of aryl methyl sites for hydroxylation is 1. The molecule has 1 saturated carbocycles. The molecule has 2 aliphatic carbocycles. The van der Waals surface area contributed by atoms with Gasteiger partial charge in [-0.2, -0.15) is 0 Å². The van der Waals surface area contributed by atoms with Crippen LogP contribution in [0.1, 0.15) is 55.0 Å². The molecule has 1 aromatic carbocycles.